The zero-order valence-electron chi connectivity index (χ0n) is 19.3. The zero-order valence-corrected chi connectivity index (χ0v) is 20.1. The van der Waals surface area contributed by atoms with Crippen molar-refractivity contribution < 1.29 is 27.8 Å². The molecule has 0 N–H and O–H groups in total. The number of methoxy groups -OCH3 is 1. The Hall–Kier alpha value is -3.30. The van der Waals surface area contributed by atoms with Gasteiger partial charge in [-0.15, -0.1) is 11.3 Å². The number of halogens is 2. The van der Waals surface area contributed by atoms with Crippen molar-refractivity contribution in [2.45, 2.75) is 12.5 Å². The molecule has 0 saturated heterocycles. The summed E-state index contributed by atoms with van der Waals surface area (Å²) in [7, 11) is 1.50. The van der Waals surface area contributed by atoms with Gasteiger partial charge in [0.1, 0.15) is 30.5 Å². The fourth-order valence-electron chi connectivity index (χ4n) is 4.12. The predicted octanol–water partition coefficient (Wildman–Crippen LogP) is 4.32. The number of fused-ring (bicyclic) bond motifs is 1. The summed E-state index contributed by atoms with van der Waals surface area (Å²) >= 11 is 1.62. The minimum Gasteiger partial charge on any atom is -0.491 e. The summed E-state index contributed by atoms with van der Waals surface area (Å²) in [4.78, 5) is 30.7. The normalized spacial score (nSPS) is 14.9. The highest BCUT2D eigenvalue weighted by molar-refractivity contribution is 7.10. The lowest BCUT2D eigenvalue weighted by Crippen LogP contribution is -2.48. The third-order valence-electron chi connectivity index (χ3n) is 5.90. The Morgan fingerprint density at radius 3 is 2.74 bits per heavy atom. The molecule has 2 aromatic carbocycles. The van der Waals surface area contributed by atoms with Gasteiger partial charge < -0.3 is 19.3 Å². The second-order valence-electron chi connectivity index (χ2n) is 8.12. The van der Waals surface area contributed by atoms with E-state index in [1.54, 1.807) is 34.4 Å². The van der Waals surface area contributed by atoms with Crippen LogP contribution in [0.15, 0.2) is 60.0 Å². The molecule has 0 radical (unpaired) electrons. The van der Waals surface area contributed by atoms with E-state index < -0.39 is 23.6 Å². The number of amides is 2. The summed E-state index contributed by atoms with van der Waals surface area (Å²) in [5.74, 6) is -1.54. The zero-order chi connectivity index (χ0) is 24.8. The number of nitrogens with zero attached hydrogens (tertiary/aromatic N) is 2. The van der Waals surface area contributed by atoms with E-state index in [0.29, 0.717) is 18.7 Å². The molecule has 1 aromatic heterocycles. The molecule has 0 saturated carbocycles. The Labute approximate surface area is 206 Å². The van der Waals surface area contributed by atoms with Gasteiger partial charge >= 0.3 is 0 Å². The first-order valence-electron chi connectivity index (χ1n) is 11.2. The number of hydrogen-bond acceptors (Lipinski definition) is 5. The third kappa shape index (κ3) is 5.86. The Bertz CT molecular complexity index is 1190. The highest BCUT2D eigenvalue weighted by atomic mass is 32.1. The highest BCUT2D eigenvalue weighted by Gasteiger charge is 2.34. The van der Waals surface area contributed by atoms with Crippen LogP contribution in [0, 0.1) is 11.6 Å². The molecule has 0 aliphatic carbocycles. The van der Waals surface area contributed by atoms with Gasteiger partial charge in [0.2, 0.25) is 5.91 Å². The van der Waals surface area contributed by atoms with Gasteiger partial charge in [-0.1, -0.05) is 18.2 Å². The maximum absolute atomic E-state index is 14.3. The fraction of sp³-hybridized carbons (Fsp3) is 0.308. The number of carbonyl (C=O) groups is 2. The second kappa shape index (κ2) is 11.4. The Kier molecular flexibility index (Phi) is 8.09. The number of carbonyl (C=O) groups excluding carboxylic acids is 2. The third-order valence-corrected chi connectivity index (χ3v) is 6.90. The molecule has 6 nitrogen and oxygen atoms in total. The Morgan fingerprint density at radius 1 is 1.14 bits per heavy atom. The minimum atomic E-state index is -0.644. The van der Waals surface area contributed by atoms with Gasteiger partial charge in [0.25, 0.3) is 5.91 Å². The van der Waals surface area contributed by atoms with Gasteiger partial charge in [-0.3, -0.25) is 9.59 Å². The first-order valence-corrected chi connectivity index (χ1v) is 12.1. The SMILES string of the molecule is COCCN(CC(=O)N1CCc2sccc2C1COc1cccc(F)c1)C(=O)c1ccccc1F. The van der Waals surface area contributed by atoms with E-state index in [9.17, 15) is 18.4 Å². The van der Waals surface area contributed by atoms with Crippen molar-refractivity contribution in [3.63, 3.8) is 0 Å². The van der Waals surface area contributed by atoms with Crippen LogP contribution in [0.25, 0.3) is 0 Å². The molecule has 1 aliphatic rings. The smallest absolute Gasteiger partial charge is 0.257 e. The maximum atomic E-state index is 14.3. The van der Waals surface area contributed by atoms with Crippen LogP contribution in [-0.2, 0) is 16.0 Å². The number of thiophene rings is 1. The van der Waals surface area contributed by atoms with Crippen LogP contribution < -0.4 is 4.74 Å². The molecule has 0 spiro atoms. The Morgan fingerprint density at radius 2 is 1.97 bits per heavy atom. The van der Waals surface area contributed by atoms with Crippen LogP contribution in [0.4, 0.5) is 8.78 Å². The predicted molar refractivity (Wildman–Crippen MR) is 129 cm³/mol. The lowest BCUT2D eigenvalue weighted by Gasteiger charge is -2.37. The summed E-state index contributed by atoms with van der Waals surface area (Å²) in [6, 6.07) is 13.1. The van der Waals surface area contributed by atoms with E-state index in [0.717, 1.165) is 5.56 Å². The van der Waals surface area contributed by atoms with Crippen LogP contribution >= 0.6 is 11.3 Å². The molecule has 2 amide bonds. The number of rotatable bonds is 9. The molecule has 35 heavy (non-hydrogen) atoms. The van der Waals surface area contributed by atoms with Crippen molar-refractivity contribution >= 4 is 23.2 Å². The molecule has 9 heteroatoms. The van der Waals surface area contributed by atoms with E-state index in [1.165, 1.54) is 47.2 Å². The summed E-state index contributed by atoms with van der Waals surface area (Å²) in [6.45, 7) is 0.700. The van der Waals surface area contributed by atoms with Gasteiger partial charge in [0.15, 0.2) is 0 Å². The minimum absolute atomic E-state index is 0.0962. The first-order chi connectivity index (χ1) is 17.0. The van der Waals surface area contributed by atoms with Gasteiger partial charge in [0, 0.05) is 31.1 Å². The second-order valence-corrected chi connectivity index (χ2v) is 9.12. The number of ether oxygens (including phenoxy) is 2. The molecular formula is C26H26F2N2O4S. The Balaban J connectivity index is 1.53. The van der Waals surface area contributed by atoms with Crippen LogP contribution in [-0.4, -0.2) is 61.6 Å². The molecule has 184 valence electrons. The average molecular weight is 501 g/mol. The van der Waals surface area contributed by atoms with Gasteiger partial charge in [-0.05, 0) is 47.7 Å². The quantitative estimate of drug-likeness (QED) is 0.439. The van der Waals surface area contributed by atoms with E-state index in [4.69, 9.17) is 9.47 Å². The molecule has 2 heterocycles. The molecule has 3 aromatic rings. The van der Waals surface area contributed by atoms with Gasteiger partial charge in [-0.25, -0.2) is 8.78 Å². The summed E-state index contributed by atoms with van der Waals surface area (Å²) in [6.07, 6.45) is 0.689. The van der Waals surface area contributed by atoms with E-state index in [-0.39, 0.29) is 37.8 Å². The molecule has 0 fully saturated rings. The standard InChI is InChI=1S/C26H26F2N2O4S/c1-33-13-12-29(26(32)20-7-2-3-8-22(20)28)16-25(31)30-11-9-24-21(10-14-35-24)23(30)17-34-19-6-4-5-18(27)15-19/h2-8,10,14-15,23H,9,11-13,16-17H2,1H3. The molecule has 4 rings (SSSR count). The maximum Gasteiger partial charge on any atom is 0.257 e. The van der Waals surface area contributed by atoms with Crippen molar-refractivity contribution in [3.05, 3.63) is 87.6 Å². The van der Waals surface area contributed by atoms with Crippen LogP contribution in [0.5, 0.6) is 5.75 Å². The summed E-state index contributed by atoms with van der Waals surface area (Å²) in [5.41, 5.74) is 0.885. The lowest BCUT2D eigenvalue weighted by atomic mass is 10.0. The summed E-state index contributed by atoms with van der Waals surface area (Å²) in [5, 5.41) is 1.97. The number of benzene rings is 2. The van der Waals surface area contributed by atoms with Gasteiger partial charge in [0.05, 0.1) is 18.2 Å². The van der Waals surface area contributed by atoms with Crippen LogP contribution in [0.2, 0.25) is 0 Å². The number of hydrogen-bond donors (Lipinski definition) is 0. The molecular weight excluding hydrogens is 474 g/mol. The largest absolute Gasteiger partial charge is 0.491 e. The molecule has 1 aliphatic heterocycles. The van der Waals surface area contributed by atoms with Gasteiger partial charge in [-0.2, -0.15) is 0 Å². The van der Waals surface area contributed by atoms with E-state index in [1.807, 2.05) is 11.4 Å². The van der Waals surface area contributed by atoms with Crippen molar-refractivity contribution in [2.24, 2.45) is 0 Å². The van der Waals surface area contributed by atoms with Crippen LogP contribution in [0.3, 0.4) is 0 Å². The highest BCUT2D eigenvalue weighted by Crippen LogP contribution is 2.34. The fourth-order valence-corrected chi connectivity index (χ4v) is 5.05. The van der Waals surface area contributed by atoms with Crippen LogP contribution in [0.1, 0.15) is 26.8 Å². The lowest BCUT2D eigenvalue weighted by molar-refractivity contribution is -0.135. The van der Waals surface area contributed by atoms with E-state index >= 15 is 0 Å². The van der Waals surface area contributed by atoms with Crippen molar-refractivity contribution in [1.29, 1.82) is 0 Å². The molecule has 1 atom stereocenters. The molecule has 1 unspecified atom stereocenters. The van der Waals surface area contributed by atoms with Crippen molar-refractivity contribution in [2.75, 3.05) is 40.0 Å². The monoisotopic (exact) mass is 500 g/mol. The first kappa shape index (κ1) is 24.8. The topological polar surface area (TPSA) is 59.1 Å². The molecule has 0 bridgehead atoms. The van der Waals surface area contributed by atoms with Crippen molar-refractivity contribution in [1.82, 2.24) is 9.80 Å². The van der Waals surface area contributed by atoms with Crippen molar-refractivity contribution in [3.8, 4) is 5.75 Å². The average Bonchev–Trinajstić information content (AvgIpc) is 3.34. The van der Waals surface area contributed by atoms with E-state index in [2.05, 4.69) is 0 Å². The summed E-state index contributed by atoms with van der Waals surface area (Å²) < 4.78 is 38.8.